The van der Waals surface area contributed by atoms with E-state index in [0.717, 1.165) is 12.2 Å². The topological polar surface area (TPSA) is 29.6 Å². The molecule has 1 aliphatic rings. The molecule has 1 saturated heterocycles. The highest BCUT2D eigenvalue weighted by atomic mass is 28.3. The monoisotopic (exact) mass is 234 g/mol. The molecule has 1 aromatic rings. The highest BCUT2D eigenvalue weighted by molar-refractivity contribution is 6.80. The Morgan fingerprint density at radius 3 is 2.31 bits per heavy atom. The number of hydrogen-bond donors (Lipinski definition) is 0. The zero-order valence-corrected chi connectivity index (χ0v) is 11.1. The third-order valence-electron chi connectivity index (χ3n) is 3.40. The molecule has 1 aromatic carbocycles. The van der Waals surface area contributed by atoms with Gasteiger partial charge >= 0.3 is 0 Å². The summed E-state index contributed by atoms with van der Waals surface area (Å²) in [5, 5.41) is -0.0973. The van der Waals surface area contributed by atoms with Crippen molar-refractivity contribution in [3.63, 3.8) is 0 Å². The van der Waals surface area contributed by atoms with Gasteiger partial charge in [-0.15, -0.1) is 0 Å². The van der Waals surface area contributed by atoms with Crippen LogP contribution in [0.15, 0.2) is 30.3 Å². The van der Waals surface area contributed by atoms with Crippen molar-refractivity contribution in [1.82, 2.24) is 0 Å². The zero-order chi connectivity index (χ0) is 11.8. The fourth-order valence-corrected chi connectivity index (χ4v) is 3.50. The predicted octanol–water partition coefficient (Wildman–Crippen LogP) is 2.91. The number of benzene rings is 1. The van der Waals surface area contributed by atoms with E-state index in [1.54, 1.807) is 0 Å². The smallest absolute Gasteiger partial charge is 0.165 e. The van der Waals surface area contributed by atoms with E-state index in [1.807, 2.05) is 30.3 Å². The van der Waals surface area contributed by atoms with E-state index >= 15 is 0 Å². The molecule has 0 radical (unpaired) electrons. The number of ether oxygens (including phenoxy) is 1. The standard InChI is InChI=1S/C13H18O2Si/c1-16(2,3)13(10-15-13)9-12(14)11-7-5-4-6-8-11/h4-8H,9-10H2,1-3H3. The first-order chi connectivity index (χ1) is 7.45. The van der Waals surface area contributed by atoms with Crippen LogP contribution in [0.5, 0.6) is 0 Å². The van der Waals surface area contributed by atoms with Crippen LogP contribution in [0, 0.1) is 0 Å². The number of carbonyl (C=O) groups excluding carboxylic acids is 1. The molecular weight excluding hydrogens is 216 g/mol. The van der Waals surface area contributed by atoms with Crippen molar-refractivity contribution in [1.29, 1.82) is 0 Å². The number of Topliss-reactive ketones (excluding diaryl/α,β-unsaturated/α-hetero) is 1. The van der Waals surface area contributed by atoms with E-state index in [0.29, 0.717) is 6.42 Å². The third kappa shape index (κ3) is 2.10. The number of rotatable bonds is 4. The van der Waals surface area contributed by atoms with Crippen LogP contribution in [0.2, 0.25) is 19.6 Å². The third-order valence-corrected chi connectivity index (χ3v) is 6.60. The fourth-order valence-electron chi connectivity index (χ4n) is 1.87. The quantitative estimate of drug-likeness (QED) is 0.455. The Morgan fingerprint density at radius 1 is 1.31 bits per heavy atom. The van der Waals surface area contributed by atoms with Crippen molar-refractivity contribution in [3.8, 4) is 0 Å². The normalized spacial score (nSPS) is 24.2. The molecule has 0 N–H and O–H groups in total. The highest BCUT2D eigenvalue weighted by Gasteiger charge is 2.56. The highest BCUT2D eigenvalue weighted by Crippen LogP contribution is 2.40. The molecule has 0 amide bonds. The molecule has 3 heteroatoms. The van der Waals surface area contributed by atoms with Crippen molar-refractivity contribution in [2.45, 2.75) is 31.3 Å². The molecule has 0 spiro atoms. The molecule has 16 heavy (non-hydrogen) atoms. The van der Waals surface area contributed by atoms with Gasteiger partial charge in [0.1, 0.15) is 0 Å². The average Bonchev–Trinajstić information content (AvgIpc) is 2.99. The summed E-state index contributed by atoms with van der Waals surface area (Å²) in [5.41, 5.74) is 0.802. The Balaban J connectivity index is 2.10. The van der Waals surface area contributed by atoms with Gasteiger partial charge in [-0.3, -0.25) is 4.79 Å². The fraction of sp³-hybridized carbons (Fsp3) is 0.462. The molecule has 1 heterocycles. The first kappa shape index (κ1) is 11.5. The van der Waals surface area contributed by atoms with Crippen LogP contribution >= 0.6 is 0 Å². The van der Waals surface area contributed by atoms with Crippen LogP contribution in [0.3, 0.4) is 0 Å². The lowest BCUT2D eigenvalue weighted by Crippen LogP contribution is -2.43. The molecule has 0 aliphatic carbocycles. The molecule has 0 saturated carbocycles. The Morgan fingerprint density at radius 2 is 1.88 bits per heavy atom. The van der Waals surface area contributed by atoms with E-state index in [2.05, 4.69) is 19.6 Å². The van der Waals surface area contributed by atoms with Gasteiger partial charge in [0.05, 0.1) is 19.9 Å². The SMILES string of the molecule is C[Si](C)(C)C1(CC(=O)c2ccccc2)CO1. The van der Waals surface area contributed by atoms with Crippen molar-refractivity contribution < 1.29 is 9.53 Å². The molecule has 2 nitrogen and oxygen atoms in total. The number of ketones is 1. The molecule has 1 atom stereocenters. The molecule has 1 fully saturated rings. The molecule has 2 rings (SSSR count). The summed E-state index contributed by atoms with van der Waals surface area (Å²) < 4.78 is 5.59. The van der Waals surface area contributed by atoms with Crippen LogP contribution in [0.4, 0.5) is 0 Å². The molecule has 1 aliphatic heterocycles. The van der Waals surface area contributed by atoms with Gasteiger partial charge in [0.25, 0.3) is 0 Å². The second kappa shape index (κ2) is 3.82. The van der Waals surface area contributed by atoms with Crippen molar-refractivity contribution in [2.75, 3.05) is 6.61 Å². The Hall–Kier alpha value is -0.933. The summed E-state index contributed by atoms with van der Waals surface area (Å²) in [7, 11) is -1.41. The van der Waals surface area contributed by atoms with E-state index in [9.17, 15) is 4.79 Å². The zero-order valence-electron chi connectivity index (χ0n) is 10.1. The average molecular weight is 234 g/mol. The van der Waals surface area contributed by atoms with Crippen LogP contribution in [0.25, 0.3) is 0 Å². The van der Waals surface area contributed by atoms with Crippen molar-refractivity contribution in [2.24, 2.45) is 0 Å². The van der Waals surface area contributed by atoms with E-state index in [4.69, 9.17) is 4.74 Å². The van der Waals surface area contributed by atoms with Crippen LogP contribution < -0.4 is 0 Å². The first-order valence-corrected chi connectivity index (χ1v) is 9.17. The minimum absolute atomic E-state index is 0.0973. The number of hydrogen-bond acceptors (Lipinski definition) is 2. The lowest BCUT2D eigenvalue weighted by atomic mass is 10.1. The second-order valence-electron chi connectivity index (χ2n) is 5.50. The minimum Gasteiger partial charge on any atom is -0.373 e. The van der Waals surface area contributed by atoms with Crippen LogP contribution in [-0.4, -0.2) is 25.7 Å². The van der Waals surface area contributed by atoms with Gasteiger partial charge in [0, 0.05) is 12.0 Å². The maximum atomic E-state index is 12.1. The van der Waals surface area contributed by atoms with Gasteiger partial charge in [0.2, 0.25) is 0 Å². The summed E-state index contributed by atoms with van der Waals surface area (Å²) in [6, 6.07) is 9.49. The van der Waals surface area contributed by atoms with Crippen LogP contribution in [-0.2, 0) is 4.74 Å². The van der Waals surface area contributed by atoms with E-state index in [-0.39, 0.29) is 11.0 Å². The van der Waals surface area contributed by atoms with Gasteiger partial charge in [-0.25, -0.2) is 0 Å². The molecule has 0 bridgehead atoms. The largest absolute Gasteiger partial charge is 0.373 e. The maximum absolute atomic E-state index is 12.1. The summed E-state index contributed by atoms with van der Waals surface area (Å²) in [4.78, 5) is 12.1. The molecule has 1 unspecified atom stereocenters. The summed E-state index contributed by atoms with van der Waals surface area (Å²) >= 11 is 0. The van der Waals surface area contributed by atoms with Gasteiger partial charge in [0.15, 0.2) is 5.78 Å². The Kier molecular flexibility index (Phi) is 2.76. The molecule has 0 aromatic heterocycles. The van der Waals surface area contributed by atoms with Crippen molar-refractivity contribution >= 4 is 13.9 Å². The second-order valence-corrected chi connectivity index (χ2v) is 10.9. The number of epoxide rings is 1. The van der Waals surface area contributed by atoms with Gasteiger partial charge < -0.3 is 4.74 Å². The maximum Gasteiger partial charge on any atom is 0.165 e. The van der Waals surface area contributed by atoms with Gasteiger partial charge in [-0.05, 0) is 0 Å². The predicted molar refractivity (Wildman–Crippen MR) is 67.4 cm³/mol. The first-order valence-electron chi connectivity index (χ1n) is 5.67. The Labute approximate surface area is 97.6 Å². The summed E-state index contributed by atoms with van der Waals surface area (Å²) in [6.45, 7) is 7.55. The van der Waals surface area contributed by atoms with Crippen LogP contribution in [0.1, 0.15) is 16.8 Å². The molecular formula is C13H18O2Si. The van der Waals surface area contributed by atoms with E-state index < -0.39 is 8.07 Å². The lowest BCUT2D eigenvalue weighted by Gasteiger charge is -2.24. The minimum atomic E-state index is -1.41. The Bertz CT molecular complexity index is 388. The molecule has 86 valence electrons. The van der Waals surface area contributed by atoms with Crippen molar-refractivity contribution in [3.05, 3.63) is 35.9 Å². The van der Waals surface area contributed by atoms with Gasteiger partial charge in [-0.1, -0.05) is 50.0 Å². The number of carbonyl (C=O) groups is 1. The summed E-state index contributed by atoms with van der Waals surface area (Å²) in [5.74, 6) is 0.209. The van der Waals surface area contributed by atoms with Gasteiger partial charge in [-0.2, -0.15) is 0 Å². The summed E-state index contributed by atoms with van der Waals surface area (Å²) in [6.07, 6.45) is 0.548. The lowest BCUT2D eigenvalue weighted by molar-refractivity contribution is 0.0963. The van der Waals surface area contributed by atoms with E-state index in [1.165, 1.54) is 0 Å².